The van der Waals surface area contributed by atoms with E-state index in [9.17, 15) is 4.79 Å². The lowest BCUT2D eigenvalue weighted by Gasteiger charge is -2.32. The summed E-state index contributed by atoms with van der Waals surface area (Å²) in [6.07, 6.45) is 8.10. The molecule has 0 N–H and O–H groups in total. The molecule has 1 unspecified atom stereocenters. The summed E-state index contributed by atoms with van der Waals surface area (Å²) in [5.74, 6) is 0.587. The zero-order chi connectivity index (χ0) is 18.6. The fraction of sp³-hybridized carbons (Fsp3) is 0.476. The van der Waals surface area contributed by atoms with Crippen LogP contribution >= 0.6 is 11.6 Å². The first-order valence-corrected chi connectivity index (χ1v) is 10.1. The topological polar surface area (TPSA) is 49.3 Å². The molecule has 0 aliphatic carbocycles. The van der Waals surface area contributed by atoms with Gasteiger partial charge in [-0.05, 0) is 44.4 Å². The van der Waals surface area contributed by atoms with E-state index in [1.807, 2.05) is 35.4 Å². The van der Waals surface area contributed by atoms with E-state index >= 15 is 0 Å². The number of hydrogen-bond acceptors (Lipinski definition) is 4. The SMILES string of the molecule is O=C(CN1CCCC(c2cncc(-c3cccc(Cl)c3)n2)C1)N1CCCC1. The number of amides is 1. The van der Waals surface area contributed by atoms with Crippen molar-refractivity contribution in [2.24, 2.45) is 0 Å². The molecule has 2 saturated heterocycles. The predicted molar refractivity (Wildman–Crippen MR) is 107 cm³/mol. The third-order valence-corrected chi connectivity index (χ3v) is 5.75. The Morgan fingerprint density at radius 1 is 1.15 bits per heavy atom. The van der Waals surface area contributed by atoms with Gasteiger partial charge in [0.05, 0.1) is 24.1 Å². The molecule has 0 spiro atoms. The van der Waals surface area contributed by atoms with E-state index in [0.29, 0.717) is 17.5 Å². The van der Waals surface area contributed by atoms with Crippen LogP contribution in [0.15, 0.2) is 36.7 Å². The minimum absolute atomic E-state index is 0.270. The molecule has 1 aromatic heterocycles. The van der Waals surface area contributed by atoms with E-state index in [2.05, 4.69) is 9.88 Å². The highest BCUT2D eigenvalue weighted by molar-refractivity contribution is 6.30. The van der Waals surface area contributed by atoms with Gasteiger partial charge < -0.3 is 4.90 Å². The van der Waals surface area contributed by atoms with Crippen LogP contribution in [0, 0.1) is 0 Å². The van der Waals surface area contributed by atoms with Crippen LogP contribution in [0.4, 0.5) is 0 Å². The maximum Gasteiger partial charge on any atom is 0.236 e. The highest BCUT2D eigenvalue weighted by Crippen LogP contribution is 2.27. The van der Waals surface area contributed by atoms with E-state index in [1.165, 1.54) is 0 Å². The van der Waals surface area contributed by atoms with Crippen molar-refractivity contribution in [1.29, 1.82) is 0 Å². The average molecular weight is 385 g/mol. The van der Waals surface area contributed by atoms with Crippen LogP contribution in [0.3, 0.4) is 0 Å². The molecule has 0 radical (unpaired) electrons. The van der Waals surface area contributed by atoms with E-state index in [4.69, 9.17) is 16.6 Å². The van der Waals surface area contributed by atoms with Crippen molar-refractivity contribution in [3.8, 4) is 11.3 Å². The molecule has 1 aromatic carbocycles. The first-order chi connectivity index (χ1) is 13.2. The lowest BCUT2D eigenvalue weighted by Crippen LogP contribution is -2.43. The number of nitrogens with zero attached hydrogens (tertiary/aromatic N) is 4. The van der Waals surface area contributed by atoms with Crippen LogP contribution in [-0.2, 0) is 4.79 Å². The van der Waals surface area contributed by atoms with E-state index in [-0.39, 0.29) is 5.91 Å². The monoisotopic (exact) mass is 384 g/mol. The average Bonchev–Trinajstić information content (AvgIpc) is 3.23. The lowest BCUT2D eigenvalue weighted by molar-refractivity contribution is -0.131. The summed E-state index contributed by atoms with van der Waals surface area (Å²) in [7, 11) is 0. The van der Waals surface area contributed by atoms with Gasteiger partial charge >= 0.3 is 0 Å². The molecule has 2 aliphatic heterocycles. The number of carbonyl (C=O) groups excluding carboxylic acids is 1. The molecule has 1 amide bonds. The highest BCUT2D eigenvalue weighted by Gasteiger charge is 2.26. The Morgan fingerprint density at radius 3 is 2.81 bits per heavy atom. The summed E-state index contributed by atoms with van der Waals surface area (Å²) >= 11 is 6.11. The Labute approximate surface area is 165 Å². The van der Waals surface area contributed by atoms with E-state index in [1.54, 1.807) is 6.20 Å². The van der Waals surface area contributed by atoms with Crippen LogP contribution in [0.5, 0.6) is 0 Å². The minimum atomic E-state index is 0.270. The normalized spacial score (nSPS) is 20.8. The lowest BCUT2D eigenvalue weighted by atomic mass is 9.94. The number of piperidine rings is 1. The number of rotatable bonds is 4. The van der Waals surface area contributed by atoms with Gasteiger partial charge in [0, 0.05) is 42.3 Å². The second kappa shape index (κ2) is 8.36. The molecule has 27 heavy (non-hydrogen) atoms. The summed E-state index contributed by atoms with van der Waals surface area (Å²) in [6.45, 7) is 4.22. The van der Waals surface area contributed by atoms with Crippen molar-refractivity contribution < 1.29 is 4.79 Å². The second-order valence-electron chi connectivity index (χ2n) is 7.50. The quantitative estimate of drug-likeness (QED) is 0.808. The van der Waals surface area contributed by atoms with Crippen LogP contribution in [0.25, 0.3) is 11.3 Å². The Balaban J connectivity index is 1.45. The molecular weight excluding hydrogens is 360 g/mol. The van der Waals surface area contributed by atoms with Gasteiger partial charge in [0.1, 0.15) is 0 Å². The Kier molecular flexibility index (Phi) is 5.69. The van der Waals surface area contributed by atoms with Crippen LogP contribution in [0.1, 0.15) is 37.3 Å². The molecule has 2 aromatic rings. The van der Waals surface area contributed by atoms with Crippen LogP contribution < -0.4 is 0 Å². The van der Waals surface area contributed by atoms with Gasteiger partial charge in [-0.2, -0.15) is 0 Å². The molecule has 6 heteroatoms. The fourth-order valence-electron chi connectivity index (χ4n) is 4.06. The van der Waals surface area contributed by atoms with E-state index in [0.717, 1.165) is 68.8 Å². The van der Waals surface area contributed by atoms with Crippen LogP contribution in [0.2, 0.25) is 5.02 Å². The first kappa shape index (κ1) is 18.4. The Morgan fingerprint density at radius 2 is 2.00 bits per heavy atom. The molecule has 0 saturated carbocycles. The zero-order valence-corrected chi connectivity index (χ0v) is 16.2. The Hall–Kier alpha value is -1.98. The van der Waals surface area contributed by atoms with Gasteiger partial charge in [-0.3, -0.25) is 14.7 Å². The third-order valence-electron chi connectivity index (χ3n) is 5.51. The zero-order valence-electron chi connectivity index (χ0n) is 15.5. The summed E-state index contributed by atoms with van der Waals surface area (Å²) < 4.78 is 0. The maximum absolute atomic E-state index is 12.5. The highest BCUT2D eigenvalue weighted by atomic mass is 35.5. The number of carbonyl (C=O) groups is 1. The number of likely N-dealkylation sites (tertiary alicyclic amines) is 2. The van der Waals surface area contributed by atoms with Gasteiger partial charge in [-0.25, -0.2) is 4.98 Å². The summed E-state index contributed by atoms with van der Waals surface area (Å²) in [5, 5.41) is 0.698. The predicted octanol–water partition coefficient (Wildman–Crippen LogP) is 3.60. The summed E-state index contributed by atoms with van der Waals surface area (Å²) in [4.78, 5) is 26.0. The number of aromatic nitrogens is 2. The van der Waals surface area contributed by atoms with Crippen molar-refractivity contribution in [3.63, 3.8) is 0 Å². The number of hydrogen-bond donors (Lipinski definition) is 0. The largest absolute Gasteiger partial charge is 0.342 e. The Bertz CT molecular complexity index is 806. The molecule has 2 aliphatic rings. The van der Waals surface area contributed by atoms with Gasteiger partial charge in [-0.15, -0.1) is 0 Å². The fourth-order valence-corrected chi connectivity index (χ4v) is 4.25. The van der Waals surface area contributed by atoms with Crippen molar-refractivity contribution >= 4 is 17.5 Å². The minimum Gasteiger partial charge on any atom is -0.342 e. The van der Waals surface area contributed by atoms with Crippen molar-refractivity contribution in [3.05, 3.63) is 47.4 Å². The van der Waals surface area contributed by atoms with E-state index < -0.39 is 0 Å². The molecular formula is C21H25ClN4O. The van der Waals surface area contributed by atoms with Gasteiger partial charge in [0.2, 0.25) is 5.91 Å². The van der Waals surface area contributed by atoms with Crippen molar-refractivity contribution in [2.75, 3.05) is 32.7 Å². The molecule has 0 bridgehead atoms. The van der Waals surface area contributed by atoms with Gasteiger partial charge in [-0.1, -0.05) is 23.7 Å². The number of benzene rings is 1. The van der Waals surface area contributed by atoms with Gasteiger partial charge in [0.15, 0.2) is 0 Å². The third kappa shape index (κ3) is 4.47. The molecule has 142 valence electrons. The standard InChI is InChI=1S/C21H25ClN4O/c22-18-7-3-5-16(11-18)19-12-23-13-20(24-19)17-6-4-8-25(14-17)15-21(27)26-9-1-2-10-26/h3,5,7,11-13,17H,1-2,4,6,8-10,14-15H2. The van der Waals surface area contributed by atoms with Crippen LogP contribution in [-0.4, -0.2) is 58.4 Å². The van der Waals surface area contributed by atoms with Crippen molar-refractivity contribution in [1.82, 2.24) is 19.8 Å². The number of halogens is 1. The molecule has 2 fully saturated rings. The maximum atomic E-state index is 12.5. The first-order valence-electron chi connectivity index (χ1n) is 9.77. The molecule has 1 atom stereocenters. The molecule has 4 rings (SSSR count). The molecule has 5 nitrogen and oxygen atoms in total. The second-order valence-corrected chi connectivity index (χ2v) is 7.94. The summed E-state index contributed by atoms with van der Waals surface area (Å²) in [6, 6.07) is 7.70. The van der Waals surface area contributed by atoms with Crippen molar-refractivity contribution in [2.45, 2.75) is 31.6 Å². The smallest absolute Gasteiger partial charge is 0.236 e. The molecule has 3 heterocycles. The van der Waals surface area contributed by atoms with Gasteiger partial charge in [0.25, 0.3) is 0 Å². The summed E-state index contributed by atoms with van der Waals surface area (Å²) in [5.41, 5.74) is 2.83.